The van der Waals surface area contributed by atoms with Crippen molar-refractivity contribution in [1.82, 2.24) is 0 Å². The van der Waals surface area contributed by atoms with E-state index in [9.17, 15) is 13.5 Å². The zero-order valence-electron chi connectivity index (χ0n) is 8.71. The van der Waals surface area contributed by atoms with Crippen molar-refractivity contribution in [3.05, 3.63) is 41.5 Å². The van der Waals surface area contributed by atoms with Crippen LogP contribution in [0.5, 0.6) is 0 Å². The van der Waals surface area contributed by atoms with Crippen molar-refractivity contribution in [3.63, 3.8) is 0 Å². The maximum absolute atomic E-state index is 11.3. The summed E-state index contributed by atoms with van der Waals surface area (Å²) in [6, 6.07) is 6.62. The Morgan fingerprint density at radius 3 is 2.56 bits per heavy atom. The van der Waals surface area contributed by atoms with Crippen LogP contribution in [-0.2, 0) is 15.1 Å². The van der Waals surface area contributed by atoms with Crippen LogP contribution in [-0.4, -0.2) is 18.1 Å². The summed E-state index contributed by atoms with van der Waals surface area (Å²) in [4.78, 5) is -2.22. The van der Waals surface area contributed by atoms with E-state index in [1.165, 1.54) is 6.07 Å². The van der Waals surface area contributed by atoms with Crippen molar-refractivity contribution in [2.75, 3.05) is 0 Å². The molecule has 5 heteroatoms. The molecule has 86 valence electrons. The van der Waals surface area contributed by atoms with Crippen LogP contribution in [0.15, 0.2) is 30.3 Å². The highest BCUT2D eigenvalue weighted by Crippen LogP contribution is 2.40. The van der Waals surface area contributed by atoms with E-state index < -0.39 is 15.1 Å². The zero-order chi connectivity index (χ0) is 12.0. The molecule has 2 rings (SSSR count). The normalized spacial score (nSPS) is 24.8. The molecule has 1 unspecified atom stereocenters. The van der Waals surface area contributed by atoms with Gasteiger partial charge in [0.15, 0.2) is 0 Å². The lowest BCUT2D eigenvalue weighted by molar-refractivity contribution is 0.114. The van der Waals surface area contributed by atoms with Crippen LogP contribution in [0.25, 0.3) is 5.57 Å². The second-order valence-corrected chi connectivity index (χ2v) is 5.52. The van der Waals surface area contributed by atoms with Gasteiger partial charge in [0, 0.05) is 12.0 Å². The Morgan fingerprint density at radius 1 is 1.31 bits per heavy atom. The molecular formula is C11H12O4S. The van der Waals surface area contributed by atoms with E-state index >= 15 is 0 Å². The summed E-state index contributed by atoms with van der Waals surface area (Å²) in [5.41, 5.74) is 1.77. The van der Waals surface area contributed by atoms with Crippen LogP contribution in [0, 0.1) is 0 Å². The van der Waals surface area contributed by atoms with Crippen LogP contribution < -0.4 is 0 Å². The molecule has 0 bridgehead atoms. The Hall–Kier alpha value is -1.17. The molecule has 1 aromatic rings. The molecule has 4 nitrogen and oxygen atoms in total. The molecule has 1 aliphatic rings. The third kappa shape index (κ3) is 1.48. The van der Waals surface area contributed by atoms with Gasteiger partial charge in [-0.15, -0.1) is 0 Å². The second-order valence-electron chi connectivity index (χ2n) is 3.90. The van der Waals surface area contributed by atoms with E-state index in [-0.39, 0.29) is 12.0 Å². The summed E-state index contributed by atoms with van der Waals surface area (Å²) in [6.07, 6.45) is 1.48. The summed E-state index contributed by atoms with van der Waals surface area (Å²) < 4.78 is 31.6. The third-order valence-corrected chi connectivity index (χ3v) is 4.12. The highest BCUT2D eigenvalue weighted by atomic mass is 32.2. The fourth-order valence-electron chi connectivity index (χ4n) is 1.92. The van der Waals surface area contributed by atoms with Crippen molar-refractivity contribution in [2.45, 2.75) is 18.3 Å². The van der Waals surface area contributed by atoms with Crippen molar-refractivity contribution in [1.29, 1.82) is 0 Å². The third-order valence-electron chi connectivity index (χ3n) is 2.88. The molecule has 0 aromatic heterocycles. The van der Waals surface area contributed by atoms with Crippen LogP contribution in [0.3, 0.4) is 0 Å². The van der Waals surface area contributed by atoms with E-state index in [2.05, 4.69) is 0 Å². The van der Waals surface area contributed by atoms with Gasteiger partial charge in [0.2, 0.25) is 4.93 Å². The molecule has 0 saturated carbocycles. The number of allylic oxidation sites excluding steroid dienone is 1. The van der Waals surface area contributed by atoms with Crippen LogP contribution >= 0.6 is 0 Å². The van der Waals surface area contributed by atoms with Gasteiger partial charge in [0.25, 0.3) is 10.1 Å². The van der Waals surface area contributed by atoms with Gasteiger partial charge >= 0.3 is 0 Å². The molecule has 0 amide bonds. The van der Waals surface area contributed by atoms with E-state index in [4.69, 9.17) is 4.55 Å². The topological polar surface area (TPSA) is 74.6 Å². The predicted molar refractivity (Wildman–Crippen MR) is 60.2 cm³/mol. The summed E-state index contributed by atoms with van der Waals surface area (Å²) >= 11 is 0. The second kappa shape index (κ2) is 3.41. The first-order valence-electron chi connectivity index (χ1n) is 4.82. The first kappa shape index (κ1) is 11.3. The fourth-order valence-corrected chi connectivity index (χ4v) is 2.67. The van der Waals surface area contributed by atoms with Gasteiger partial charge in [-0.3, -0.25) is 4.55 Å². The molecule has 0 saturated heterocycles. The van der Waals surface area contributed by atoms with Gasteiger partial charge in [-0.1, -0.05) is 30.3 Å². The number of fused-ring (bicyclic) bond motifs is 1. The average Bonchev–Trinajstić information content (AvgIpc) is 2.23. The SMILES string of the molecule is CC1=CCC(O)(S(=O)(=O)O)c2ccccc21. The first-order valence-corrected chi connectivity index (χ1v) is 6.26. The Bertz CT molecular complexity index is 559. The van der Waals surface area contributed by atoms with Crippen molar-refractivity contribution in [2.24, 2.45) is 0 Å². The van der Waals surface area contributed by atoms with Crippen LogP contribution in [0.4, 0.5) is 0 Å². The summed E-state index contributed by atoms with van der Waals surface area (Å²) in [6.45, 7) is 1.84. The molecule has 1 aromatic carbocycles. The Morgan fingerprint density at radius 2 is 1.94 bits per heavy atom. The van der Waals surface area contributed by atoms with Crippen LogP contribution in [0.1, 0.15) is 24.5 Å². The van der Waals surface area contributed by atoms with Gasteiger partial charge in [-0.25, -0.2) is 0 Å². The lowest BCUT2D eigenvalue weighted by Crippen LogP contribution is -2.37. The minimum atomic E-state index is -4.55. The number of benzene rings is 1. The summed E-state index contributed by atoms with van der Waals surface area (Å²) in [5, 5.41) is 10.1. The molecule has 0 radical (unpaired) electrons. The van der Waals surface area contributed by atoms with E-state index in [0.29, 0.717) is 5.56 Å². The van der Waals surface area contributed by atoms with Crippen molar-refractivity contribution < 1.29 is 18.1 Å². The maximum Gasteiger partial charge on any atom is 0.299 e. The number of hydrogen-bond acceptors (Lipinski definition) is 3. The quantitative estimate of drug-likeness (QED) is 0.730. The smallest absolute Gasteiger partial charge is 0.299 e. The number of rotatable bonds is 1. The van der Waals surface area contributed by atoms with Crippen molar-refractivity contribution in [3.8, 4) is 0 Å². The molecular weight excluding hydrogens is 228 g/mol. The predicted octanol–water partition coefficient (Wildman–Crippen LogP) is 1.53. The van der Waals surface area contributed by atoms with Crippen molar-refractivity contribution >= 4 is 15.7 Å². The van der Waals surface area contributed by atoms with Gasteiger partial charge in [-0.2, -0.15) is 8.42 Å². The minimum Gasteiger partial charge on any atom is -0.369 e. The number of aliphatic hydroxyl groups is 1. The Labute approximate surface area is 94.0 Å². The van der Waals surface area contributed by atoms with Gasteiger partial charge in [0.05, 0.1) is 0 Å². The van der Waals surface area contributed by atoms with Gasteiger partial charge in [-0.05, 0) is 18.1 Å². The first-order chi connectivity index (χ1) is 7.36. The van der Waals surface area contributed by atoms with E-state index in [0.717, 1.165) is 5.57 Å². The average molecular weight is 240 g/mol. The standard InChI is InChI=1S/C11H12O4S/c1-8-6-7-11(12,16(13,14)15)10-5-3-2-4-9(8)10/h2-6,12H,7H2,1H3,(H,13,14,15). The van der Waals surface area contributed by atoms with E-state index in [1.54, 1.807) is 24.3 Å². The minimum absolute atomic E-state index is 0.130. The molecule has 16 heavy (non-hydrogen) atoms. The largest absolute Gasteiger partial charge is 0.369 e. The lowest BCUT2D eigenvalue weighted by atomic mass is 9.89. The fraction of sp³-hybridized carbons (Fsp3) is 0.273. The molecule has 0 fully saturated rings. The number of hydrogen-bond donors (Lipinski definition) is 2. The maximum atomic E-state index is 11.3. The highest BCUT2D eigenvalue weighted by Gasteiger charge is 2.45. The van der Waals surface area contributed by atoms with Gasteiger partial charge < -0.3 is 5.11 Å². The Balaban J connectivity index is 2.74. The Kier molecular flexibility index (Phi) is 2.41. The monoisotopic (exact) mass is 240 g/mol. The summed E-state index contributed by atoms with van der Waals surface area (Å²) in [7, 11) is -4.55. The molecule has 0 spiro atoms. The molecule has 0 heterocycles. The van der Waals surface area contributed by atoms with E-state index in [1.807, 2.05) is 6.92 Å². The van der Waals surface area contributed by atoms with Crippen LogP contribution in [0.2, 0.25) is 0 Å². The molecule has 1 atom stereocenters. The summed E-state index contributed by atoms with van der Waals surface area (Å²) in [5.74, 6) is 0. The molecule has 1 aliphatic carbocycles. The lowest BCUT2D eigenvalue weighted by Gasteiger charge is -2.30. The molecule has 2 N–H and O–H groups in total. The van der Waals surface area contributed by atoms with Gasteiger partial charge in [0.1, 0.15) is 0 Å². The molecule has 0 aliphatic heterocycles. The highest BCUT2D eigenvalue weighted by molar-refractivity contribution is 7.86. The zero-order valence-corrected chi connectivity index (χ0v) is 9.53.